The molecule has 0 amide bonds. The summed E-state index contributed by atoms with van der Waals surface area (Å²) in [4.78, 5) is 16.5. The summed E-state index contributed by atoms with van der Waals surface area (Å²) in [5.74, 6) is 0. The van der Waals surface area contributed by atoms with Crippen molar-refractivity contribution >= 4 is 34.2 Å². The standard InChI is InChI=1S/C14H10Cl2N2O2/c15-9-3-8(4-10(16)6-9)13(19)7-1-2-11-12(5-7)18-14(20)17-11/h1-6,13,19H,(H2,17,18,20). The van der Waals surface area contributed by atoms with E-state index in [1.54, 1.807) is 36.4 Å². The van der Waals surface area contributed by atoms with Crippen LogP contribution < -0.4 is 5.69 Å². The number of nitrogens with one attached hydrogen (secondary N) is 2. The minimum atomic E-state index is -0.867. The maximum absolute atomic E-state index is 11.2. The van der Waals surface area contributed by atoms with Crippen LogP contribution in [0, 0.1) is 0 Å². The fourth-order valence-corrected chi connectivity index (χ4v) is 2.69. The van der Waals surface area contributed by atoms with Crippen LogP contribution in [0.5, 0.6) is 0 Å². The van der Waals surface area contributed by atoms with Crippen LogP contribution in [0.2, 0.25) is 10.0 Å². The molecule has 0 aliphatic heterocycles. The van der Waals surface area contributed by atoms with E-state index >= 15 is 0 Å². The summed E-state index contributed by atoms with van der Waals surface area (Å²) in [5, 5.41) is 11.3. The predicted octanol–water partition coefficient (Wildman–Crippen LogP) is 3.24. The highest BCUT2D eigenvalue weighted by Gasteiger charge is 2.13. The second kappa shape index (κ2) is 4.98. The first-order chi connectivity index (χ1) is 9.52. The van der Waals surface area contributed by atoms with E-state index < -0.39 is 6.10 Å². The predicted molar refractivity (Wildman–Crippen MR) is 79.4 cm³/mol. The van der Waals surface area contributed by atoms with Crippen molar-refractivity contribution in [2.75, 3.05) is 0 Å². The molecule has 0 bridgehead atoms. The van der Waals surface area contributed by atoms with Gasteiger partial charge in [-0.1, -0.05) is 29.3 Å². The molecule has 20 heavy (non-hydrogen) atoms. The Balaban J connectivity index is 2.06. The highest BCUT2D eigenvalue weighted by Crippen LogP contribution is 2.28. The third-order valence-corrected chi connectivity index (χ3v) is 3.49. The summed E-state index contributed by atoms with van der Waals surface area (Å²) in [5.41, 5.74) is 2.29. The minimum Gasteiger partial charge on any atom is -0.384 e. The largest absolute Gasteiger partial charge is 0.384 e. The molecule has 2 aromatic carbocycles. The van der Waals surface area contributed by atoms with Crippen molar-refractivity contribution in [3.63, 3.8) is 0 Å². The Morgan fingerprint density at radius 2 is 1.55 bits per heavy atom. The van der Waals surface area contributed by atoms with Gasteiger partial charge in [-0.15, -0.1) is 0 Å². The first-order valence-electron chi connectivity index (χ1n) is 5.89. The monoisotopic (exact) mass is 308 g/mol. The van der Waals surface area contributed by atoms with Crippen LogP contribution in [0.25, 0.3) is 11.0 Å². The van der Waals surface area contributed by atoms with Gasteiger partial charge in [-0.2, -0.15) is 0 Å². The molecular weight excluding hydrogens is 299 g/mol. The van der Waals surface area contributed by atoms with Gasteiger partial charge < -0.3 is 15.1 Å². The third kappa shape index (κ3) is 2.45. The Morgan fingerprint density at radius 1 is 0.900 bits per heavy atom. The number of hydrogen-bond donors (Lipinski definition) is 3. The van der Waals surface area contributed by atoms with E-state index in [4.69, 9.17) is 23.2 Å². The molecule has 0 radical (unpaired) electrons. The van der Waals surface area contributed by atoms with Crippen molar-refractivity contribution in [2.24, 2.45) is 0 Å². The Hall–Kier alpha value is -1.75. The average Bonchev–Trinajstić information content (AvgIpc) is 2.75. The van der Waals surface area contributed by atoms with Gasteiger partial charge in [0.1, 0.15) is 6.10 Å². The second-order valence-corrected chi connectivity index (χ2v) is 5.36. The fourth-order valence-electron chi connectivity index (χ4n) is 2.15. The van der Waals surface area contributed by atoms with Crippen molar-refractivity contribution in [3.05, 3.63) is 68.1 Å². The number of aromatic amines is 2. The Kier molecular flexibility index (Phi) is 3.30. The molecule has 1 atom stereocenters. The zero-order valence-electron chi connectivity index (χ0n) is 10.2. The van der Waals surface area contributed by atoms with Crippen molar-refractivity contribution in [1.29, 1.82) is 0 Å². The summed E-state index contributed by atoms with van der Waals surface area (Å²) in [7, 11) is 0. The van der Waals surface area contributed by atoms with Crippen LogP contribution >= 0.6 is 23.2 Å². The van der Waals surface area contributed by atoms with Gasteiger partial charge in [0.15, 0.2) is 0 Å². The molecule has 0 spiro atoms. The van der Waals surface area contributed by atoms with Crippen molar-refractivity contribution in [2.45, 2.75) is 6.10 Å². The van der Waals surface area contributed by atoms with E-state index in [2.05, 4.69) is 9.97 Å². The van der Waals surface area contributed by atoms with Crippen LogP contribution in [-0.2, 0) is 0 Å². The zero-order chi connectivity index (χ0) is 14.3. The number of imidazole rings is 1. The number of H-pyrrole nitrogens is 2. The van der Waals surface area contributed by atoms with Gasteiger partial charge in [0.25, 0.3) is 0 Å². The molecular formula is C14H10Cl2N2O2. The van der Waals surface area contributed by atoms with Gasteiger partial charge in [-0.3, -0.25) is 0 Å². The van der Waals surface area contributed by atoms with Gasteiger partial charge >= 0.3 is 5.69 Å². The molecule has 102 valence electrons. The van der Waals surface area contributed by atoms with E-state index in [9.17, 15) is 9.90 Å². The van der Waals surface area contributed by atoms with Crippen LogP contribution in [0.1, 0.15) is 17.2 Å². The normalized spacial score (nSPS) is 12.8. The summed E-state index contributed by atoms with van der Waals surface area (Å²) < 4.78 is 0. The van der Waals surface area contributed by atoms with Crippen molar-refractivity contribution in [3.8, 4) is 0 Å². The van der Waals surface area contributed by atoms with Gasteiger partial charge in [0.2, 0.25) is 0 Å². The first-order valence-corrected chi connectivity index (χ1v) is 6.64. The Labute approximate surface area is 124 Å². The number of aromatic nitrogens is 2. The number of rotatable bonds is 2. The summed E-state index contributed by atoms with van der Waals surface area (Å²) in [6, 6.07) is 10.1. The third-order valence-electron chi connectivity index (χ3n) is 3.06. The minimum absolute atomic E-state index is 0.280. The van der Waals surface area contributed by atoms with Gasteiger partial charge in [-0.25, -0.2) is 4.79 Å². The SMILES string of the molecule is O=c1[nH]c2ccc(C(O)c3cc(Cl)cc(Cl)c3)cc2[nH]1. The quantitative estimate of drug-likeness (QED) is 0.680. The van der Waals surface area contributed by atoms with Gasteiger partial charge in [0.05, 0.1) is 11.0 Å². The lowest BCUT2D eigenvalue weighted by atomic mass is 10.0. The van der Waals surface area contributed by atoms with Crippen molar-refractivity contribution < 1.29 is 5.11 Å². The lowest BCUT2D eigenvalue weighted by molar-refractivity contribution is 0.220. The summed E-state index contributed by atoms with van der Waals surface area (Å²) in [6.07, 6.45) is -0.867. The van der Waals surface area contributed by atoms with Crippen LogP contribution in [-0.4, -0.2) is 15.1 Å². The number of hydrogen-bond acceptors (Lipinski definition) is 2. The molecule has 0 aliphatic rings. The number of halogens is 2. The van der Waals surface area contributed by atoms with E-state index in [1.165, 1.54) is 0 Å². The Bertz CT molecular complexity index is 818. The highest BCUT2D eigenvalue weighted by molar-refractivity contribution is 6.34. The fraction of sp³-hybridized carbons (Fsp3) is 0.0714. The maximum Gasteiger partial charge on any atom is 0.323 e. The first kappa shape index (κ1) is 13.2. The second-order valence-electron chi connectivity index (χ2n) is 4.49. The molecule has 1 unspecified atom stereocenters. The van der Waals surface area contributed by atoms with Gasteiger partial charge in [0, 0.05) is 10.0 Å². The Morgan fingerprint density at radius 3 is 2.25 bits per heavy atom. The van der Waals surface area contributed by atoms with Crippen LogP contribution in [0.4, 0.5) is 0 Å². The van der Waals surface area contributed by atoms with E-state index in [-0.39, 0.29) is 5.69 Å². The number of aliphatic hydroxyl groups excluding tert-OH is 1. The summed E-state index contributed by atoms with van der Waals surface area (Å²) in [6.45, 7) is 0. The average molecular weight is 309 g/mol. The maximum atomic E-state index is 11.2. The molecule has 4 nitrogen and oxygen atoms in total. The molecule has 0 saturated heterocycles. The highest BCUT2D eigenvalue weighted by atomic mass is 35.5. The smallest absolute Gasteiger partial charge is 0.323 e. The summed E-state index contributed by atoms with van der Waals surface area (Å²) >= 11 is 11.9. The van der Waals surface area contributed by atoms with Crippen LogP contribution in [0.15, 0.2) is 41.2 Å². The van der Waals surface area contributed by atoms with Crippen LogP contribution in [0.3, 0.4) is 0 Å². The number of fused-ring (bicyclic) bond motifs is 1. The van der Waals surface area contributed by atoms with E-state index in [1.807, 2.05) is 0 Å². The molecule has 1 aromatic heterocycles. The molecule has 3 N–H and O–H groups in total. The zero-order valence-corrected chi connectivity index (χ0v) is 11.7. The molecule has 0 fully saturated rings. The lowest BCUT2D eigenvalue weighted by Crippen LogP contribution is -2.00. The van der Waals surface area contributed by atoms with E-state index in [0.29, 0.717) is 32.2 Å². The molecule has 3 rings (SSSR count). The number of benzene rings is 2. The molecule has 6 heteroatoms. The molecule has 0 aliphatic carbocycles. The lowest BCUT2D eigenvalue weighted by Gasteiger charge is -2.12. The molecule has 1 heterocycles. The molecule has 0 saturated carbocycles. The number of aliphatic hydroxyl groups is 1. The van der Waals surface area contributed by atoms with Crippen molar-refractivity contribution in [1.82, 2.24) is 9.97 Å². The molecule has 3 aromatic rings. The van der Waals surface area contributed by atoms with Gasteiger partial charge in [-0.05, 0) is 41.5 Å². The van der Waals surface area contributed by atoms with E-state index in [0.717, 1.165) is 0 Å². The topological polar surface area (TPSA) is 68.9 Å².